The first kappa shape index (κ1) is 29.2. The molecule has 0 radical (unpaired) electrons. The smallest absolute Gasteiger partial charge is 0.490 e. The zero-order valence-electron chi connectivity index (χ0n) is 21.4. The predicted octanol–water partition coefficient (Wildman–Crippen LogP) is 7.22. The minimum absolute atomic E-state index is 0.101. The van der Waals surface area contributed by atoms with Gasteiger partial charge in [-0.1, -0.05) is 89.7 Å². The van der Waals surface area contributed by atoms with Gasteiger partial charge < -0.3 is 14.0 Å². The molecule has 2 rings (SSSR count). The number of aromatic nitrogens is 1. The Morgan fingerprint density at radius 2 is 1.37 bits per heavy atom. The lowest BCUT2D eigenvalue weighted by atomic mass is 10.1. The van der Waals surface area contributed by atoms with Gasteiger partial charge >= 0.3 is 7.82 Å². The van der Waals surface area contributed by atoms with Crippen molar-refractivity contribution in [3.8, 4) is 17.2 Å². The van der Waals surface area contributed by atoms with Gasteiger partial charge in [-0.15, -0.1) is 0 Å². The van der Waals surface area contributed by atoms with Crippen LogP contribution in [0.5, 0.6) is 17.2 Å². The summed E-state index contributed by atoms with van der Waals surface area (Å²) in [5, 5.41) is 0. The van der Waals surface area contributed by atoms with Crippen LogP contribution < -0.4 is 18.6 Å². The minimum atomic E-state index is -4.36. The first-order valence-electron chi connectivity index (χ1n) is 13.0. The maximum Gasteiger partial charge on any atom is 0.532 e. The molecule has 0 fully saturated rings. The number of rotatable bonds is 20. The Hall–Kier alpha value is -2.08. The van der Waals surface area contributed by atoms with Crippen LogP contribution in [0.4, 0.5) is 0 Å². The molecule has 0 aliphatic carbocycles. The lowest BCUT2D eigenvalue weighted by Crippen LogP contribution is -2.33. The highest BCUT2D eigenvalue weighted by Crippen LogP contribution is 2.49. The van der Waals surface area contributed by atoms with Crippen LogP contribution in [0.2, 0.25) is 0 Å². The highest BCUT2D eigenvalue weighted by atomic mass is 31.2. The van der Waals surface area contributed by atoms with E-state index in [-0.39, 0.29) is 18.2 Å². The minimum Gasteiger partial charge on any atom is -0.490 e. The van der Waals surface area contributed by atoms with Gasteiger partial charge in [0, 0.05) is 12.1 Å². The van der Waals surface area contributed by atoms with E-state index in [4.69, 9.17) is 18.5 Å². The van der Waals surface area contributed by atoms with Crippen molar-refractivity contribution in [3.05, 3.63) is 48.8 Å². The highest BCUT2D eigenvalue weighted by molar-refractivity contribution is 7.47. The van der Waals surface area contributed by atoms with E-state index in [0.29, 0.717) is 12.4 Å². The van der Waals surface area contributed by atoms with E-state index in [2.05, 4.69) is 6.92 Å². The van der Waals surface area contributed by atoms with Crippen molar-refractivity contribution in [1.82, 2.24) is 0 Å². The van der Waals surface area contributed by atoms with E-state index in [1.54, 1.807) is 47.3 Å². The summed E-state index contributed by atoms with van der Waals surface area (Å²) >= 11 is 0. The van der Waals surface area contributed by atoms with Crippen molar-refractivity contribution in [3.63, 3.8) is 0 Å². The Bertz CT molecular complexity index is 864. The lowest BCUT2D eigenvalue weighted by molar-refractivity contribution is -0.725. The van der Waals surface area contributed by atoms with E-state index < -0.39 is 7.82 Å². The van der Waals surface area contributed by atoms with Crippen LogP contribution in [-0.4, -0.2) is 18.6 Å². The predicted molar refractivity (Wildman–Crippen MR) is 138 cm³/mol. The number of phosphoric ester groups is 1. The number of phosphoric acid groups is 1. The van der Waals surface area contributed by atoms with Crippen molar-refractivity contribution >= 4 is 7.82 Å². The van der Waals surface area contributed by atoms with Crippen LogP contribution >= 0.6 is 7.82 Å². The van der Waals surface area contributed by atoms with Crippen LogP contribution in [0.15, 0.2) is 48.8 Å². The molecule has 0 bridgehead atoms. The molecule has 35 heavy (non-hydrogen) atoms. The molecule has 196 valence electrons. The van der Waals surface area contributed by atoms with Gasteiger partial charge in [-0.3, -0.25) is 4.89 Å². The third-order valence-electron chi connectivity index (χ3n) is 5.76. The van der Waals surface area contributed by atoms with Gasteiger partial charge in [0.2, 0.25) is 5.75 Å². The molecular weight excluding hydrogens is 465 g/mol. The Morgan fingerprint density at radius 1 is 0.800 bits per heavy atom. The Kier molecular flexibility index (Phi) is 14.5. The first-order valence-corrected chi connectivity index (χ1v) is 14.5. The summed E-state index contributed by atoms with van der Waals surface area (Å²) in [6.45, 7) is 2.69. The van der Waals surface area contributed by atoms with Crippen LogP contribution in [0.1, 0.15) is 84.0 Å². The summed E-state index contributed by atoms with van der Waals surface area (Å²) in [6.07, 6.45) is 18.8. The molecule has 0 aliphatic heterocycles. The number of hydrogen-bond donors (Lipinski definition) is 1. The fourth-order valence-electron chi connectivity index (χ4n) is 3.82. The standard InChI is InChI=1S/C27H42NO6P/c1-3-4-5-6-7-8-9-10-11-12-13-17-23-32-25-19-18-20-26(27(25)31-2)34-35(29,30)33-24-28-21-15-14-16-22-28/h14-16,18-22H,3-13,17,23-24H2,1-2H3/p+1. The number of nitrogens with zero attached hydrogens (tertiary/aromatic N) is 1. The molecule has 1 unspecified atom stereocenters. The summed E-state index contributed by atoms with van der Waals surface area (Å²) < 4.78 is 35.7. The molecule has 0 spiro atoms. The van der Waals surface area contributed by atoms with Crippen LogP contribution in [0, 0.1) is 0 Å². The molecule has 1 N–H and O–H groups in total. The van der Waals surface area contributed by atoms with Gasteiger partial charge in [-0.05, 0) is 18.6 Å². The van der Waals surface area contributed by atoms with Gasteiger partial charge in [0.05, 0.1) is 13.7 Å². The van der Waals surface area contributed by atoms with E-state index in [1.807, 2.05) is 6.07 Å². The molecule has 0 aliphatic rings. The van der Waals surface area contributed by atoms with Crippen molar-refractivity contribution in [2.45, 2.75) is 90.7 Å². The van der Waals surface area contributed by atoms with Crippen molar-refractivity contribution in [2.24, 2.45) is 0 Å². The monoisotopic (exact) mass is 508 g/mol. The van der Waals surface area contributed by atoms with Gasteiger partial charge in [-0.25, -0.2) is 9.09 Å². The molecule has 0 saturated heterocycles. The number of para-hydroxylation sites is 1. The summed E-state index contributed by atoms with van der Waals surface area (Å²) in [5.41, 5.74) is 0. The van der Waals surface area contributed by atoms with E-state index in [9.17, 15) is 9.46 Å². The summed E-state index contributed by atoms with van der Waals surface area (Å²) in [7, 11) is -2.88. The largest absolute Gasteiger partial charge is 0.532 e. The molecule has 7 nitrogen and oxygen atoms in total. The number of benzene rings is 1. The molecule has 1 aromatic carbocycles. The maximum atomic E-state index is 12.4. The molecule has 8 heteroatoms. The SMILES string of the molecule is CCCCCCCCCCCCCCOc1cccc(OP(=O)(O)OC[n+]2ccccc2)c1OC. The normalized spacial score (nSPS) is 12.8. The van der Waals surface area contributed by atoms with Crippen LogP contribution in [0.25, 0.3) is 0 Å². The molecule has 1 heterocycles. The second kappa shape index (κ2) is 17.4. The van der Waals surface area contributed by atoms with Crippen LogP contribution in [-0.2, 0) is 15.8 Å². The highest BCUT2D eigenvalue weighted by Gasteiger charge is 2.27. The van der Waals surface area contributed by atoms with Crippen molar-refractivity contribution < 1.29 is 32.5 Å². The number of pyridine rings is 1. The molecule has 2 aromatic rings. The Morgan fingerprint density at radius 3 is 1.97 bits per heavy atom. The first-order chi connectivity index (χ1) is 17.1. The van der Waals surface area contributed by atoms with Crippen molar-refractivity contribution in [2.75, 3.05) is 13.7 Å². The second-order valence-corrected chi connectivity index (χ2v) is 10.1. The number of hydrogen-bond acceptors (Lipinski definition) is 5. The molecule has 1 atom stereocenters. The maximum absolute atomic E-state index is 12.4. The fraction of sp³-hybridized carbons (Fsp3) is 0.593. The van der Waals surface area contributed by atoms with Gasteiger partial charge in [-0.2, -0.15) is 4.57 Å². The average Bonchev–Trinajstić information content (AvgIpc) is 2.86. The van der Waals surface area contributed by atoms with E-state index in [0.717, 1.165) is 12.8 Å². The lowest BCUT2D eigenvalue weighted by Gasteiger charge is -2.16. The summed E-state index contributed by atoms with van der Waals surface area (Å²) in [6, 6.07) is 10.5. The topological polar surface area (TPSA) is 78.1 Å². The van der Waals surface area contributed by atoms with Crippen LogP contribution in [0.3, 0.4) is 0 Å². The summed E-state index contributed by atoms with van der Waals surface area (Å²) in [4.78, 5) is 10.1. The number of ether oxygens (including phenoxy) is 2. The fourth-order valence-corrected chi connectivity index (χ4v) is 4.54. The third kappa shape index (κ3) is 12.4. The van der Waals surface area contributed by atoms with Gasteiger partial charge in [0.15, 0.2) is 23.9 Å². The van der Waals surface area contributed by atoms with E-state index in [1.165, 1.54) is 71.3 Å². The molecule has 1 aromatic heterocycles. The number of methoxy groups -OCH3 is 1. The molecule has 0 amide bonds. The average molecular weight is 509 g/mol. The molecular formula is C27H43NO6P+. The quantitative estimate of drug-likeness (QED) is 0.116. The van der Waals surface area contributed by atoms with Gasteiger partial charge in [0.1, 0.15) is 0 Å². The zero-order chi connectivity index (χ0) is 25.2. The molecule has 0 saturated carbocycles. The summed E-state index contributed by atoms with van der Waals surface area (Å²) in [5.74, 6) is 0.853. The van der Waals surface area contributed by atoms with E-state index >= 15 is 0 Å². The van der Waals surface area contributed by atoms with Crippen molar-refractivity contribution in [1.29, 1.82) is 0 Å². The Labute approximate surface area is 211 Å². The third-order valence-corrected chi connectivity index (χ3v) is 6.63. The number of unbranched alkanes of at least 4 members (excludes halogenated alkanes) is 11. The van der Waals surface area contributed by atoms with Gasteiger partial charge in [0.25, 0.3) is 6.73 Å². The Balaban J connectivity index is 1.67. The zero-order valence-corrected chi connectivity index (χ0v) is 22.3. The second-order valence-electron chi connectivity index (χ2n) is 8.73.